The number of benzene rings is 1. The summed E-state index contributed by atoms with van der Waals surface area (Å²) < 4.78 is 6.20. The quantitative estimate of drug-likeness (QED) is 0.473. The van der Waals surface area contributed by atoms with Gasteiger partial charge in [0, 0.05) is 0 Å². The van der Waals surface area contributed by atoms with Gasteiger partial charge in [-0.05, 0) is 25.7 Å². The summed E-state index contributed by atoms with van der Waals surface area (Å²) in [5.41, 5.74) is 5.42. The molecule has 4 rings (SSSR count). The molecule has 0 atom stereocenters. The second-order valence-corrected chi connectivity index (χ2v) is 9.22. The monoisotopic (exact) mass is 625 g/mol. The minimum absolute atomic E-state index is 0. The van der Waals surface area contributed by atoms with E-state index in [1.165, 1.54) is 77.7 Å². The molecule has 2 aliphatic rings. The third kappa shape index (κ3) is 7.09. The molecule has 0 saturated heterocycles. The van der Waals surface area contributed by atoms with Crippen LogP contribution in [0.3, 0.4) is 0 Å². The molecular formula is C25H34Cl2IrN2. The summed E-state index contributed by atoms with van der Waals surface area (Å²) >= 11 is 2.25. The van der Waals surface area contributed by atoms with Crippen molar-refractivity contribution >= 4 is 0 Å². The van der Waals surface area contributed by atoms with Crippen LogP contribution < -0.4 is 24.8 Å². The summed E-state index contributed by atoms with van der Waals surface area (Å²) in [6, 6.07) is 5.27. The molecule has 0 aliphatic heterocycles. The molecule has 2 nitrogen and oxygen atoms in total. The van der Waals surface area contributed by atoms with Crippen LogP contribution in [0.15, 0.2) is 48.8 Å². The molecule has 1 heterocycles. The smallest absolute Gasteiger partial charge is 1.00 e. The Balaban J connectivity index is 0.000000385. The maximum atomic E-state index is 2.48. The van der Waals surface area contributed by atoms with Gasteiger partial charge >= 0.3 is 131 Å². The summed E-state index contributed by atoms with van der Waals surface area (Å²) in [6.07, 6.45) is 23.9. The molecule has 2 aliphatic carbocycles. The summed E-state index contributed by atoms with van der Waals surface area (Å²) in [5.74, 6) is 0. The van der Waals surface area contributed by atoms with Crippen molar-refractivity contribution in [3.8, 4) is 5.69 Å². The van der Waals surface area contributed by atoms with Gasteiger partial charge in [-0.25, -0.2) is 0 Å². The Hall–Kier alpha value is -0.861. The third-order valence-corrected chi connectivity index (χ3v) is 6.93. The average molecular weight is 626 g/mol. The number of halogens is 2. The van der Waals surface area contributed by atoms with Crippen LogP contribution >= 0.6 is 0 Å². The van der Waals surface area contributed by atoms with Gasteiger partial charge in [0.25, 0.3) is 0 Å². The zero-order valence-electron chi connectivity index (χ0n) is 18.3. The van der Waals surface area contributed by atoms with Crippen LogP contribution in [-0.4, -0.2) is 9.13 Å². The van der Waals surface area contributed by atoms with Crippen LogP contribution in [0.2, 0.25) is 0 Å². The Bertz CT molecular complexity index is 865. The van der Waals surface area contributed by atoms with E-state index in [0.29, 0.717) is 6.04 Å². The first kappa shape index (κ1) is 27.2. The average Bonchev–Trinajstić information content (AvgIpc) is 3.24. The summed E-state index contributed by atoms with van der Waals surface area (Å²) in [4.78, 5) is 0. The van der Waals surface area contributed by atoms with Crippen molar-refractivity contribution in [2.45, 2.75) is 78.2 Å². The molecule has 1 saturated carbocycles. The number of allylic oxidation sites excluding steroid dienone is 4. The van der Waals surface area contributed by atoms with Crippen molar-refractivity contribution in [2.24, 2.45) is 0 Å². The second-order valence-electron chi connectivity index (χ2n) is 8.15. The van der Waals surface area contributed by atoms with E-state index in [9.17, 15) is 0 Å². The number of hydrogen-bond acceptors (Lipinski definition) is 0. The first-order chi connectivity index (χ1) is 13.6. The normalized spacial score (nSPS) is 18.1. The van der Waals surface area contributed by atoms with Gasteiger partial charge in [-0.2, -0.15) is 0 Å². The van der Waals surface area contributed by atoms with E-state index >= 15 is 0 Å². The minimum Gasteiger partial charge on any atom is -1.00 e. The van der Waals surface area contributed by atoms with Gasteiger partial charge in [-0.15, -0.1) is 0 Å². The van der Waals surface area contributed by atoms with Crippen LogP contribution in [0.4, 0.5) is 0 Å². The number of imidazole rings is 1. The summed E-state index contributed by atoms with van der Waals surface area (Å²) in [7, 11) is 0. The minimum atomic E-state index is 0. The van der Waals surface area contributed by atoms with Crippen molar-refractivity contribution in [1.29, 1.82) is 0 Å². The van der Waals surface area contributed by atoms with Crippen molar-refractivity contribution in [1.82, 2.24) is 9.13 Å². The van der Waals surface area contributed by atoms with Gasteiger partial charge < -0.3 is 24.8 Å². The predicted octanol–water partition coefficient (Wildman–Crippen LogP) is 1.08. The fraction of sp³-hybridized carbons (Fsp3) is 0.480. The summed E-state index contributed by atoms with van der Waals surface area (Å²) in [5, 5.41) is 0. The fourth-order valence-corrected chi connectivity index (χ4v) is 5.48. The zero-order valence-corrected chi connectivity index (χ0v) is 22.2. The number of hydrogen-bond donors (Lipinski definition) is 0. The Morgan fingerprint density at radius 2 is 1.33 bits per heavy atom. The van der Waals surface area contributed by atoms with E-state index in [1.807, 2.05) is 0 Å². The van der Waals surface area contributed by atoms with E-state index in [1.54, 1.807) is 0 Å². The molecule has 1 fully saturated rings. The van der Waals surface area contributed by atoms with Crippen molar-refractivity contribution in [3.05, 3.63) is 69.5 Å². The standard InChI is InChI=1S/C17H22N2.C8H12.2ClH.Ir/c1-13-10-14(2)17(15(3)11-13)19-9-8-18(12-19)16-6-4-5-7-16;1-2-4-6-8-7-5-3-1;;;/h8-11,16H,4-7H2,1-3H3;1-4H,5-8H2;2*1H;/q;;;;+2/p-2/b;3-1-,4-2-;;;. The largest absolute Gasteiger partial charge is 1.00 e. The number of aromatic nitrogens is 2. The first-order valence-corrected chi connectivity index (χ1v) is 11.9. The molecular weight excluding hydrogens is 591 g/mol. The van der Waals surface area contributed by atoms with Crippen LogP contribution in [0.1, 0.15) is 74.1 Å². The molecule has 0 unspecified atom stereocenters. The van der Waals surface area contributed by atoms with Crippen LogP contribution in [-0.2, 0) is 18.4 Å². The molecule has 1 aromatic heterocycles. The topological polar surface area (TPSA) is 9.86 Å². The van der Waals surface area contributed by atoms with Gasteiger partial charge in [0.05, 0.1) is 0 Å². The Kier molecular flexibility index (Phi) is 12.3. The molecule has 1 aromatic carbocycles. The molecule has 30 heavy (non-hydrogen) atoms. The van der Waals surface area contributed by atoms with Crippen molar-refractivity contribution in [2.75, 3.05) is 0 Å². The first-order valence-electron chi connectivity index (χ1n) is 10.7. The molecule has 0 radical (unpaired) electrons. The predicted molar refractivity (Wildman–Crippen MR) is 115 cm³/mol. The maximum Gasteiger partial charge on any atom is -1.00 e. The molecule has 0 amide bonds. The third-order valence-electron chi connectivity index (χ3n) is 5.74. The van der Waals surface area contributed by atoms with Crippen molar-refractivity contribution in [3.63, 3.8) is 0 Å². The number of nitrogens with zero attached hydrogens (tertiary/aromatic N) is 2. The molecule has 0 bridgehead atoms. The van der Waals surface area contributed by atoms with E-state index in [2.05, 4.69) is 97.2 Å². The molecule has 2 aromatic rings. The van der Waals surface area contributed by atoms with Crippen LogP contribution in [0.5, 0.6) is 0 Å². The van der Waals surface area contributed by atoms with Gasteiger partial charge in [-0.1, -0.05) is 24.3 Å². The van der Waals surface area contributed by atoms with Gasteiger partial charge in [0.15, 0.2) is 0 Å². The van der Waals surface area contributed by atoms with Gasteiger partial charge in [0.1, 0.15) is 0 Å². The fourth-order valence-electron chi connectivity index (χ4n) is 4.41. The molecule has 0 spiro atoms. The summed E-state index contributed by atoms with van der Waals surface area (Å²) in [6.45, 7) is 6.61. The Labute approximate surface area is 205 Å². The zero-order chi connectivity index (χ0) is 19.9. The molecule has 0 N–H and O–H groups in total. The Morgan fingerprint density at radius 1 is 0.800 bits per heavy atom. The Morgan fingerprint density at radius 3 is 1.87 bits per heavy atom. The van der Waals surface area contributed by atoms with Gasteiger partial charge in [-0.3, -0.25) is 0 Å². The maximum absolute atomic E-state index is 2.48. The van der Waals surface area contributed by atoms with Crippen molar-refractivity contribution < 1.29 is 43.3 Å². The SMILES string of the molecule is C1=C\CCCC\C=C/1.Cc1cc(C)c(-n2ccn(C3CCCC3)[c]2=[Ir+2])c(C)c1.[Cl-].[Cl-]. The molecule has 5 heteroatoms. The van der Waals surface area contributed by atoms with E-state index in [-0.39, 0.29) is 24.8 Å². The van der Waals surface area contributed by atoms with E-state index < -0.39 is 0 Å². The number of aryl methyl sites for hydroxylation is 3. The number of rotatable bonds is 2. The van der Waals surface area contributed by atoms with E-state index in [0.717, 1.165) is 0 Å². The molecule has 167 valence electrons. The second kappa shape index (κ2) is 13.5. The van der Waals surface area contributed by atoms with Crippen LogP contribution in [0, 0.1) is 24.7 Å². The van der Waals surface area contributed by atoms with Crippen LogP contribution in [0.25, 0.3) is 5.69 Å². The van der Waals surface area contributed by atoms with Gasteiger partial charge in [0.2, 0.25) is 0 Å². The van der Waals surface area contributed by atoms with E-state index in [4.69, 9.17) is 0 Å².